The fraction of sp³-hybridized carbons (Fsp3) is 0.200. The fourth-order valence-electron chi connectivity index (χ4n) is 1.62. The minimum absolute atomic E-state index is 0.177. The highest BCUT2D eigenvalue weighted by atomic mass is 16.5. The number of pyridine rings is 1. The van der Waals surface area contributed by atoms with Crippen LogP contribution in [-0.2, 0) is 13.0 Å². The number of aromatic nitrogens is 1. The van der Waals surface area contributed by atoms with Crippen LogP contribution in [0.5, 0.6) is 5.75 Å². The number of carboxylic acid groups (broad SMARTS) is 1. The minimum atomic E-state index is -0.977. The number of ether oxygens (including phenoxy) is 1. The molecule has 1 heterocycles. The second-order valence-corrected chi connectivity index (χ2v) is 4.13. The predicted molar refractivity (Wildman–Crippen MR) is 71.3 cm³/mol. The van der Waals surface area contributed by atoms with E-state index in [1.165, 1.54) is 17.8 Å². The molecule has 0 aliphatic carbocycles. The molecule has 0 atom stereocenters. The van der Waals surface area contributed by atoms with Crippen molar-refractivity contribution in [1.82, 2.24) is 4.98 Å². The summed E-state index contributed by atoms with van der Waals surface area (Å²) >= 11 is 0. The monoisotopic (exact) mass is 257 g/mol. The molecule has 0 radical (unpaired) electrons. The third-order valence-electron chi connectivity index (χ3n) is 2.79. The summed E-state index contributed by atoms with van der Waals surface area (Å²) in [6.07, 6.45) is 2.33. The fourth-order valence-corrected chi connectivity index (χ4v) is 1.62. The number of carbonyl (C=O) groups is 1. The topological polar surface area (TPSA) is 59.4 Å². The molecule has 0 saturated heterocycles. The molecular weight excluding hydrogens is 242 g/mol. The lowest BCUT2D eigenvalue weighted by molar-refractivity contribution is 0.0696. The Hall–Kier alpha value is -2.36. The standard InChI is InChI=1S/C15H15NO3/c1-2-11-3-7-14(8-4-11)19-10-13-6-5-12(9-16-13)15(17)18/h3-9H,2,10H2,1H3,(H,17,18). The van der Waals surface area contributed by atoms with Crippen LogP contribution in [-0.4, -0.2) is 16.1 Å². The third kappa shape index (κ3) is 3.55. The van der Waals surface area contributed by atoms with Gasteiger partial charge in [0.25, 0.3) is 0 Å². The molecule has 0 fully saturated rings. The maximum atomic E-state index is 10.7. The Kier molecular flexibility index (Phi) is 4.13. The number of carboxylic acids is 1. The van der Waals surface area contributed by atoms with Gasteiger partial charge >= 0.3 is 5.97 Å². The van der Waals surface area contributed by atoms with Gasteiger partial charge in [-0.2, -0.15) is 0 Å². The SMILES string of the molecule is CCc1ccc(OCc2ccc(C(=O)O)cn2)cc1. The van der Waals surface area contributed by atoms with E-state index in [1.807, 2.05) is 24.3 Å². The van der Waals surface area contributed by atoms with Crippen LogP contribution >= 0.6 is 0 Å². The molecule has 4 heteroatoms. The molecule has 1 N–H and O–H groups in total. The van der Waals surface area contributed by atoms with E-state index < -0.39 is 5.97 Å². The van der Waals surface area contributed by atoms with E-state index >= 15 is 0 Å². The summed E-state index contributed by atoms with van der Waals surface area (Å²) in [4.78, 5) is 14.7. The summed E-state index contributed by atoms with van der Waals surface area (Å²) in [5, 5.41) is 8.76. The average Bonchev–Trinajstić information content (AvgIpc) is 2.46. The first-order chi connectivity index (χ1) is 9.19. The van der Waals surface area contributed by atoms with Crippen LogP contribution in [0.15, 0.2) is 42.6 Å². The Balaban J connectivity index is 1.95. The molecule has 0 unspecified atom stereocenters. The first-order valence-electron chi connectivity index (χ1n) is 6.09. The zero-order valence-electron chi connectivity index (χ0n) is 10.7. The van der Waals surface area contributed by atoms with Crippen molar-refractivity contribution >= 4 is 5.97 Å². The molecule has 2 rings (SSSR count). The van der Waals surface area contributed by atoms with E-state index in [4.69, 9.17) is 9.84 Å². The highest BCUT2D eigenvalue weighted by molar-refractivity contribution is 5.87. The Bertz CT molecular complexity index is 547. The summed E-state index contributed by atoms with van der Waals surface area (Å²) in [6, 6.07) is 11.1. The highest BCUT2D eigenvalue weighted by Gasteiger charge is 2.03. The van der Waals surface area contributed by atoms with E-state index in [0.29, 0.717) is 12.3 Å². The van der Waals surface area contributed by atoms with Crippen LogP contribution in [0.3, 0.4) is 0 Å². The summed E-state index contributed by atoms with van der Waals surface area (Å²) < 4.78 is 5.58. The second kappa shape index (κ2) is 6.00. The van der Waals surface area contributed by atoms with Gasteiger partial charge in [0.2, 0.25) is 0 Å². The molecule has 0 aliphatic heterocycles. The zero-order chi connectivity index (χ0) is 13.7. The number of benzene rings is 1. The van der Waals surface area contributed by atoms with Crippen molar-refractivity contribution in [1.29, 1.82) is 0 Å². The van der Waals surface area contributed by atoms with Gasteiger partial charge in [-0.05, 0) is 36.2 Å². The van der Waals surface area contributed by atoms with Gasteiger partial charge in [-0.25, -0.2) is 4.79 Å². The van der Waals surface area contributed by atoms with Crippen molar-refractivity contribution in [2.45, 2.75) is 20.0 Å². The lowest BCUT2D eigenvalue weighted by atomic mass is 10.2. The molecular formula is C15H15NO3. The number of nitrogens with zero attached hydrogens (tertiary/aromatic N) is 1. The Morgan fingerprint density at radius 2 is 1.95 bits per heavy atom. The van der Waals surface area contributed by atoms with E-state index in [0.717, 1.165) is 12.2 Å². The molecule has 4 nitrogen and oxygen atoms in total. The van der Waals surface area contributed by atoms with Crippen molar-refractivity contribution in [3.63, 3.8) is 0 Å². The lowest BCUT2D eigenvalue weighted by Gasteiger charge is -2.06. The van der Waals surface area contributed by atoms with Crippen molar-refractivity contribution < 1.29 is 14.6 Å². The quantitative estimate of drug-likeness (QED) is 0.894. The van der Waals surface area contributed by atoms with E-state index in [1.54, 1.807) is 6.07 Å². The molecule has 0 amide bonds. The molecule has 0 spiro atoms. The van der Waals surface area contributed by atoms with Crippen LogP contribution < -0.4 is 4.74 Å². The van der Waals surface area contributed by atoms with Crippen molar-refractivity contribution in [2.75, 3.05) is 0 Å². The van der Waals surface area contributed by atoms with Gasteiger partial charge in [0, 0.05) is 6.20 Å². The van der Waals surface area contributed by atoms with Gasteiger partial charge in [0.15, 0.2) is 0 Å². The number of aromatic carboxylic acids is 1. The summed E-state index contributed by atoms with van der Waals surface area (Å²) in [6.45, 7) is 2.43. The Morgan fingerprint density at radius 1 is 1.21 bits per heavy atom. The van der Waals surface area contributed by atoms with Crippen LogP contribution in [0.2, 0.25) is 0 Å². The number of rotatable bonds is 5. The first kappa shape index (κ1) is 13.1. The number of aryl methyl sites for hydroxylation is 1. The Labute approximate surface area is 111 Å². The summed E-state index contributed by atoms with van der Waals surface area (Å²) in [7, 11) is 0. The zero-order valence-corrected chi connectivity index (χ0v) is 10.7. The van der Waals surface area contributed by atoms with Crippen LogP contribution in [0.4, 0.5) is 0 Å². The van der Waals surface area contributed by atoms with Crippen molar-refractivity contribution in [3.8, 4) is 5.75 Å². The van der Waals surface area contributed by atoms with E-state index in [2.05, 4.69) is 11.9 Å². The van der Waals surface area contributed by atoms with Gasteiger partial charge in [-0.15, -0.1) is 0 Å². The largest absolute Gasteiger partial charge is 0.487 e. The minimum Gasteiger partial charge on any atom is -0.487 e. The van der Waals surface area contributed by atoms with E-state index in [9.17, 15) is 4.79 Å². The Morgan fingerprint density at radius 3 is 2.47 bits per heavy atom. The summed E-state index contributed by atoms with van der Waals surface area (Å²) in [5.74, 6) is -0.198. The molecule has 1 aromatic carbocycles. The van der Waals surface area contributed by atoms with Crippen LogP contribution in [0.1, 0.15) is 28.5 Å². The van der Waals surface area contributed by atoms with Crippen molar-refractivity contribution in [2.24, 2.45) is 0 Å². The van der Waals surface area contributed by atoms with Crippen LogP contribution in [0.25, 0.3) is 0 Å². The van der Waals surface area contributed by atoms with E-state index in [-0.39, 0.29) is 5.56 Å². The molecule has 19 heavy (non-hydrogen) atoms. The van der Waals surface area contributed by atoms with Gasteiger partial charge in [-0.3, -0.25) is 4.98 Å². The third-order valence-corrected chi connectivity index (χ3v) is 2.79. The summed E-state index contributed by atoms with van der Waals surface area (Å²) in [5.41, 5.74) is 2.14. The molecule has 0 aliphatic rings. The molecule has 0 saturated carbocycles. The normalized spacial score (nSPS) is 10.2. The second-order valence-electron chi connectivity index (χ2n) is 4.13. The van der Waals surface area contributed by atoms with Gasteiger partial charge in [0.1, 0.15) is 12.4 Å². The number of hydrogen-bond acceptors (Lipinski definition) is 3. The first-order valence-corrected chi connectivity index (χ1v) is 6.09. The van der Waals surface area contributed by atoms with Gasteiger partial charge in [-0.1, -0.05) is 19.1 Å². The molecule has 0 bridgehead atoms. The maximum absolute atomic E-state index is 10.7. The average molecular weight is 257 g/mol. The molecule has 98 valence electrons. The molecule has 1 aromatic heterocycles. The molecule has 2 aromatic rings. The number of hydrogen-bond donors (Lipinski definition) is 1. The van der Waals surface area contributed by atoms with Gasteiger partial charge in [0.05, 0.1) is 11.3 Å². The highest BCUT2D eigenvalue weighted by Crippen LogP contribution is 2.14. The smallest absolute Gasteiger partial charge is 0.337 e. The van der Waals surface area contributed by atoms with Gasteiger partial charge < -0.3 is 9.84 Å². The van der Waals surface area contributed by atoms with Crippen molar-refractivity contribution in [3.05, 3.63) is 59.4 Å². The maximum Gasteiger partial charge on any atom is 0.337 e. The van der Waals surface area contributed by atoms with Crippen LogP contribution in [0, 0.1) is 0 Å². The lowest BCUT2D eigenvalue weighted by Crippen LogP contribution is -2.01. The predicted octanol–water partition coefficient (Wildman–Crippen LogP) is 2.92.